The molecule has 0 saturated heterocycles. The zero-order valence-corrected chi connectivity index (χ0v) is 16.8. The summed E-state index contributed by atoms with van der Waals surface area (Å²) in [5.74, 6) is 0.468. The summed E-state index contributed by atoms with van der Waals surface area (Å²) in [4.78, 5) is 12.3. The van der Waals surface area contributed by atoms with Crippen LogP contribution in [0.5, 0.6) is 5.75 Å². The number of amides is 1. The van der Waals surface area contributed by atoms with Crippen molar-refractivity contribution in [1.82, 2.24) is 0 Å². The number of anilines is 2. The van der Waals surface area contributed by atoms with E-state index in [0.29, 0.717) is 23.7 Å². The molecular weight excluding hydrogens is 388 g/mol. The van der Waals surface area contributed by atoms with E-state index < -0.39 is 9.84 Å². The molecule has 0 aliphatic carbocycles. The van der Waals surface area contributed by atoms with E-state index in [1.807, 2.05) is 30.3 Å². The molecule has 7 heteroatoms. The number of carbonyl (C=O) groups excluding carboxylic acids is 1. The van der Waals surface area contributed by atoms with E-state index >= 15 is 0 Å². The summed E-state index contributed by atoms with van der Waals surface area (Å²) in [5.41, 5.74) is 2.29. The Labute approximate surface area is 170 Å². The molecule has 0 aliphatic rings. The van der Waals surface area contributed by atoms with Crippen molar-refractivity contribution in [2.45, 2.75) is 11.5 Å². The first kappa shape index (κ1) is 20.4. The minimum absolute atomic E-state index is 0.0134. The van der Waals surface area contributed by atoms with Crippen LogP contribution in [0.25, 0.3) is 0 Å². The summed E-state index contributed by atoms with van der Waals surface area (Å²) in [6, 6.07) is 23.3. The Morgan fingerprint density at radius 1 is 0.897 bits per heavy atom. The van der Waals surface area contributed by atoms with Gasteiger partial charge in [-0.2, -0.15) is 0 Å². The SMILES string of the molecule is CS(=O)(=O)c1cccc(NCC(=O)Nc2ccc(OCc3ccccc3)cc2)c1. The maximum atomic E-state index is 12.1. The van der Waals surface area contributed by atoms with Gasteiger partial charge in [0.1, 0.15) is 12.4 Å². The maximum absolute atomic E-state index is 12.1. The zero-order valence-electron chi connectivity index (χ0n) is 16.0. The van der Waals surface area contributed by atoms with E-state index in [1.165, 1.54) is 12.1 Å². The molecule has 0 fully saturated rings. The van der Waals surface area contributed by atoms with Crippen LogP contribution in [0.4, 0.5) is 11.4 Å². The molecule has 3 aromatic carbocycles. The average molecular weight is 410 g/mol. The van der Waals surface area contributed by atoms with Crippen molar-refractivity contribution in [3.8, 4) is 5.75 Å². The van der Waals surface area contributed by atoms with Gasteiger partial charge in [0.05, 0.1) is 11.4 Å². The highest BCUT2D eigenvalue weighted by atomic mass is 32.2. The van der Waals surface area contributed by atoms with E-state index in [0.717, 1.165) is 11.8 Å². The minimum Gasteiger partial charge on any atom is -0.489 e. The van der Waals surface area contributed by atoms with Crippen LogP contribution < -0.4 is 15.4 Å². The smallest absolute Gasteiger partial charge is 0.243 e. The quantitative estimate of drug-likeness (QED) is 0.591. The average Bonchev–Trinajstić information content (AvgIpc) is 2.72. The largest absolute Gasteiger partial charge is 0.489 e. The van der Waals surface area contributed by atoms with Crippen molar-refractivity contribution in [2.75, 3.05) is 23.4 Å². The lowest BCUT2D eigenvalue weighted by atomic mass is 10.2. The van der Waals surface area contributed by atoms with Crippen LogP contribution >= 0.6 is 0 Å². The fourth-order valence-corrected chi connectivity index (χ4v) is 3.27. The molecular formula is C22H22N2O4S. The number of rotatable bonds is 8. The lowest BCUT2D eigenvalue weighted by Gasteiger charge is -2.10. The van der Waals surface area contributed by atoms with Gasteiger partial charge in [0.15, 0.2) is 9.84 Å². The molecule has 150 valence electrons. The van der Waals surface area contributed by atoms with E-state index in [1.54, 1.807) is 36.4 Å². The van der Waals surface area contributed by atoms with Crippen molar-refractivity contribution >= 4 is 27.1 Å². The number of hydrogen-bond donors (Lipinski definition) is 2. The maximum Gasteiger partial charge on any atom is 0.243 e. The molecule has 6 nitrogen and oxygen atoms in total. The number of carbonyl (C=O) groups is 1. The fourth-order valence-electron chi connectivity index (χ4n) is 2.60. The summed E-state index contributed by atoms with van der Waals surface area (Å²) >= 11 is 0. The Bertz CT molecular complexity index is 1070. The van der Waals surface area contributed by atoms with Crippen molar-refractivity contribution in [1.29, 1.82) is 0 Å². The molecule has 0 unspecified atom stereocenters. The molecule has 0 radical (unpaired) electrons. The third-order valence-electron chi connectivity index (χ3n) is 4.10. The Kier molecular flexibility index (Phi) is 6.51. The minimum atomic E-state index is -3.29. The second-order valence-electron chi connectivity index (χ2n) is 6.50. The highest BCUT2D eigenvalue weighted by Gasteiger charge is 2.08. The van der Waals surface area contributed by atoms with Crippen LogP contribution in [0, 0.1) is 0 Å². The predicted octanol–water partition coefficient (Wildman–Crippen LogP) is 3.72. The first-order chi connectivity index (χ1) is 13.9. The molecule has 3 aromatic rings. The number of nitrogens with one attached hydrogen (secondary N) is 2. The summed E-state index contributed by atoms with van der Waals surface area (Å²) in [7, 11) is -3.29. The molecule has 0 bridgehead atoms. The molecule has 1 amide bonds. The Hall–Kier alpha value is -3.32. The van der Waals surface area contributed by atoms with Gasteiger partial charge in [-0.05, 0) is 48.0 Å². The van der Waals surface area contributed by atoms with Gasteiger partial charge in [-0.25, -0.2) is 8.42 Å². The third-order valence-corrected chi connectivity index (χ3v) is 5.21. The van der Waals surface area contributed by atoms with Gasteiger partial charge in [-0.15, -0.1) is 0 Å². The second kappa shape index (κ2) is 9.25. The van der Waals surface area contributed by atoms with Gasteiger partial charge >= 0.3 is 0 Å². The van der Waals surface area contributed by atoms with E-state index in [-0.39, 0.29) is 17.3 Å². The predicted molar refractivity (Wildman–Crippen MR) is 114 cm³/mol. The summed E-state index contributed by atoms with van der Waals surface area (Å²) in [5, 5.41) is 5.71. The number of ether oxygens (including phenoxy) is 1. The molecule has 0 saturated carbocycles. The van der Waals surface area contributed by atoms with Crippen LogP contribution in [-0.2, 0) is 21.2 Å². The van der Waals surface area contributed by atoms with Gasteiger partial charge < -0.3 is 15.4 Å². The van der Waals surface area contributed by atoms with Crippen molar-refractivity contribution in [3.63, 3.8) is 0 Å². The summed E-state index contributed by atoms with van der Waals surface area (Å²) in [6.07, 6.45) is 1.14. The van der Waals surface area contributed by atoms with Gasteiger partial charge in [-0.1, -0.05) is 36.4 Å². The first-order valence-corrected chi connectivity index (χ1v) is 10.9. The number of hydrogen-bond acceptors (Lipinski definition) is 5. The highest BCUT2D eigenvalue weighted by Crippen LogP contribution is 2.18. The third kappa shape index (κ3) is 6.36. The summed E-state index contributed by atoms with van der Waals surface area (Å²) in [6.45, 7) is 0.489. The van der Waals surface area contributed by atoms with Crippen LogP contribution in [0.2, 0.25) is 0 Å². The monoisotopic (exact) mass is 410 g/mol. The molecule has 3 rings (SSSR count). The molecule has 0 aliphatic heterocycles. The second-order valence-corrected chi connectivity index (χ2v) is 8.52. The van der Waals surface area contributed by atoms with Gasteiger partial charge in [0, 0.05) is 17.6 Å². The van der Waals surface area contributed by atoms with E-state index in [2.05, 4.69) is 10.6 Å². The molecule has 29 heavy (non-hydrogen) atoms. The molecule has 2 N–H and O–H groups in total. The normalized spacial score (nSPS) is 10.9. The molecule has 0 aromatic heterocycles. The number of sulfone groups is 1. The fraction of sp³-hybridized carbons (Fsp3) is 0.136. The van der Waals surface area contributed by atoms with Gasteiger partial charge in [0.25, 0.3) is 0 Å². The van der Waals surface area contributed by atoms with E-state index in [4.69, 9.17) is 4.74 Å². The number of benzene rings is 3. The summed E-state index contributed by atoms with van der Waals surface area (Å²) < 4.78 is 28.9. The lowest BCUT2D eigenvalue weighted by molar-refractivity contribution is -0.114. The van der Waals surface area contributed by atoms with Crippen LogP contribution in [0.15, 0.2) is 83.8 Å². The lowest BCUT2D eigenvalue weighted by Crippen LogP contribution is -2.21. The topological polar surface area (TPSA) is 84.5 Å². The van der Waals surface area contributed by atoms with E-state index in [9.17, 15) is 13.2 Å². The van der Waals surface area contributed by atoms with Crippen LogP contribution in [0.1, 0.15) is 5.56 Å². The molecule has 0 atom stereocenters. The zero-order chi connectivity index (χ0) is 20.7. The van der Waals surface area contributed by atoms with Gasteiger partial charge in [0.2, 0.25) is 5.91 Å². The van der Waals surface area contributed by atoms with Gasteiger partial charge in [-0.3, -0.25) is 4.79 Å². The van der Waals surface area contributed by atoms with Crippen LogP contribution in [-0.4, -0.2) is 27.1 Å². The highest BCUT2D eigenvalue weighted by molar-refractivity contribution is 7.90. The van der Waals surface area contributed by atoms with Crippen molar-refractivity contribution < 1.29 is 17.9 Å². The first-order valence-electron chi connectivity index (χ1n) is 9.01. The Balaban J connectivity index is 1.49. The molecule has 0 spiro atoms. The van der Waals surface area contributed by atoms with Crippen molar-refractivity contribution in [2.24, 2.45) is 0 Å². The molecule has 0 heterocycles. The van der Waals surface area contributed by atoms with Crippen LogP contribution in [0.3, 0.4) is 0 Å². The Morgan fingerprint density at radius 3 is 2.31 bits per heavy atom. The Morgan fingerprint density at radius 2 is 1.62 bits per heavy atom. The van der Waals surface area contributed by atoms with Crippen molar-refractivity contribution in [3.05, 3.63) is 84.4 Å². The standard InChI is InChI=1S/C22H22N2O4S/c1-29(26,27)21-9-5-8-19(14-21)23-15-22(25)24-18-10-12-20(13-11-18)28-16-17-6-3-2-4-7-17/h2-14,23H,15-16H2,1H3,(H,24,25).